The third-order valence-electron chi connectivity index (χ3n) is 4.05. The van der Waals surface area contributed by atoms with Crippen LogP contribution in [0.2, 0.25) is 0 Å². The second-order valence-corrected chi connectivity index (χ2v) is 5.23. The molecule has 94 valence electrons. The maximum atomic E-state index is 9.69. The number of aromatic hydroxyl groups is 1. The van der Waals surface area contributed by atoms with Crippen molar-refractivity contribution in [1.29, 1.82) is 0 Å². The van der Waals surface area contributed by atoms with Gasteiger partial charge in [0.15, 0.2) is 0 Å². The lowest BCUT2D eigenvalue weighted by Crippen LogP contribution is -2.39. The number of hydrogen-bond donors (Lipinski definition) is 2. The number of pyridine rings is 1. The summed E-state index contributed by atoms with van der Waals surface area (Å²) in [6.45, 7) is 5.92. The number of hydrogen-bond acceptors (Lipinski definition) is 3. The van der Waals surface area contributed by atoms with Gasteiger partial charge in [-0.1, -0.05) is 13.3 Å². The van der Waals surface area contributed by atoms with E-state index in [1.807, 2.05) is 13.0 Å². The Labute approximate surface area is 103 Å². The van der Waals surface area contributed by atoms with E-state index in [1.54, 1.807) is 6.07 Å². The molecule has 1 fully saturated rings. The molecule has 0 atom stereocenters. The summed E-state index contributed by atoms with van der Waals surface area (Å²) in [5.74, 6) is 0.294. The highest BCUT2D eigenvalue weighted by Crippen LogP contribution is 2.43. The zero-order chi connectivity index (χ0) is 12.3. The summed E-state index contributed by atoms with van der Waals surface area (Å²) >= 11 is 0. The molecule has 0 aliphatic heterocycles. The summed E-state index contributed by atoms with van der Waals surface area (Å²) in [5.41, 5.74) is 2.23. The summed E-state index contributed by atoms with van der Waals surface area (Å²) in [4.78, 5) is 4.35. The van der Waals surface area contributed by atoms with E-state index in [2.05, 4.69) is 17.2 Å². The van der Waals surface area contributed by atoms with E-state index >= 15 is 0 Å². The Morgan fingerprint density at radius 3 is 2.76 bits per heavy atom. The quantitative estimate of drug-likeness (QED) is 0.823. The van der Waals surface area contributed by atoms with Gasteiger partial charge in [-0.2, -0.15) is 0 Å². The van der Waals surface area contributed by atoms with Gasteiger partial charge in [0, 0.05) is 18.8 Å². The van der Waals surface area contributed by atoms with Gasteiger partial charge in [0.2, 0.25) is 0 Å². The molecule has 3 heteroatoms. The number of aromatic nitrogens is 1. The van der Waals surface area contributed by atoms with Crippen LogP contribution in [0, 0.1) is 12.3 Å². The van der Waals surface area contributed by atoms with Crippen molar-refractivity contribution in [3.8, 4) is 5.75 Å². The minimum Gasteiger partial charge on any atom is -0.506 e. The summed E-state index contributed by atoms with van der Waals surface area (Å²) < 4.78 is 0. The molecule has 0 bridgehead atoms. The van der Waals surface area contributed by atoms with E-state index < -0.39 is 0 Å². The first-order valence-corrected chi connectivity index (χ1v) is 6.51. The molecular formula is C14H22N2O. The van der Waals surface area contributed by atoms with E-state index in [1.165, 1.54) is 25.7 Å². The van der Waals surface area contributed by atoms with Gasteiger partial charge in [0.25, 0.3) is 0 Å². The lowest BCUT2D eigenvalue weighted by molar-refractivity contribution is 0.123. The fourth-order valence-corrected chi connectivity index (χ4v) is 2.51. The third-order valence-corrected chi connectivity index (χ3v) is 4.05. The van der Waals surface area contributed by atoms with Crippen molar-refractivity contribution in [3.63, 3.8) is 0 Å². The Morgan fingerprint density at radius 1 is 1.41 bits per heavy atom. The smallest absolute Gasteiger partial charge is 0.138 e. The fourth-order valence-electron chi connectivity index (χ4n) is 2.51. The first-order valence-electron chi connectivity index (χ1n) is 6.51. The van der Waals surface area contributed by atoms with E-state index in [4.69, 9.17) is 0 Å². The second kappa shape index (κ2) is 5.05. The van der Waals surface area contributed by atoms with Crippen LogP contribution in [-0.2, 0) is 6.54 Å². The highest BCUT2D eigenvalue weighted by molar-refractivity contribution is 5.27. The topological polar surface area (TPSA) is 45.2 Å². The zero-order valence-corrected chi connectivity index (χ0v) is 10.8. The van der Waals surface area contributed by atoms with Crippen molar-refractivity contribution >= 4 is 0 Å². The van der Waals surface area contributed by atoms with Crippen LogP contribution < -0.4 is 5.32 Å². The monoisotopic (exact) mass is 234 g/mol. The molecule has 3 nitrogen and oxygen atoms in total. The van der Waals surface area contributed by atoms with Crippen molar-refractivity contribution in [2.75, 3.05) is 6.54 Å². The molecule has 2 rings (SSSR count). The van der Waals surface area contributed by atoms with Crippen molar-refractivity contribution in [2.24, 2.45) is 5.41 Å². The Bertz CT molecular complexity index is 380. The largest absolute Gasteiger partial charge is 0.506 e. The first-order chi connectivity index (χ1) is 8.15. The van der Waals surface area contributed by atoms with E-state index in [0.717, 1.165) is 17.9 Å². The molecule has 1 aliphatic rings. The third kappa shape index (κ3) is 2.78. The van der Waals surface area contributed by atoms with Crippen LogP contribution in [-0.4, -0.2) is 16.6 Å². The van der Waals surface area contributed by atoms with Crippen LogP contribution in [0.1, 0.15) is 44.0 Å². The summed E-state index contributed by atoms with van der Waals surface area (Å²) in [6.07, 6.45) is 5.28. The maximum Gasteiger partial charge on any atom is 0.138 e. The van der Waals surface area contributed by atoms with Crippen LogP contribution in [0.5, 0.6) is 5.75 Å². The maximum absolute atomic E-state index is 9.69. The van der Waals surface area contributed by atoms with Gasteiger partial charge in [0.1, 0.15) is 5.75 Å². The number of nitrogens with one attached hydrogen (secondary N) is 1. The zero-order valence-electron chi connectivity index (χ0n) is 10.8. The van der Waals surface area contributed by atoms with Crippen LogP contribution in [0.3, 0.4) is 0 Å². The average molecular weight is 234 g/mol. The Hall–Kier alpha value is -1.09. The molecule has 0 amide bonds. The molecule has 1 aromatic rings. The lowest BCUT2D eigenvalue weighted by Gasteiger charge is -2.41. The Morgan fingerprint density at radius 2 is 2.18 bits per heavy atom. The molecule has 1 aliphatic carbocycles. The van der Waals surface area contributed by atoms with E-state index in [-0.39, 0.29) is 0 Å². The van der Waals surface area contributed by atoms with Crippen LogP contribution in [0.15, 0.2) is 12.1 Å². The predicted octanol–water partition coefficient (Wildman–Crippen LogP) is 2.77. The van der Waals surface area contributed by atoms with Gasteiger partial charge >= 0.3 is 0 Å². The average Bonchev–Trinajstić information content (AvgIpc) is 2.27. The minimum atomic E-state index is 0.294. The highest BCUT2D eigenvalue weighted by atomic mass is 16.3. The van der Waals surface area contributed by atoms with Crippen molar-refractivity contribution in [3.05, 3.63) is 23.5 Å². The molecule has 1 heterocycles. The SMILES string of the molecule is CCC1(CNCc2nc(C)ccc2O)CCC1. The second-order valence-electron chi connectivity index (χ2n) is 5.23. The summed E-state index contributed by atoms with van der Waals surface area (Å²) in [6, 6.07) is 3.55. The molecule has 2 N–H and O–H groups in total. The molecule has 1 aromatic heterocycles. The molecule has 1 saturated carbocycles. The molecule has 0 spiro atoms. The standard InChI is InChI=1S/C14H22N2O/c1-3-14(7-4-8-14)10-15-9-12-13(17)6-5-11(2)16-12/h5-6,15,17H,3-4,7-10H2,1-2H3. The molecule has 17 heavy (non-hydrogen) atoms. The van der Waals surface area contributed by atoms with Gasteiger partial charge in [0.05, 0.1) is 5.69 Å². The number of aryl methyl sites for hydroxylation is 1. The number of rotatable bonds is 5. The predicted molar refractivity (Wildman–Crippen MR) is 68.9 cm³/mol. The molecule has 0 saturated heterocycles. The Balaban J connectivity index is 1.87. The first kappa shape index (κ1) is 12.4. The van der Waals surface area contributed by atoms with Gasteiger partial charge in [-0.15, -0.1) is 0 Å². The fraction of sp³-hybridized carbons (Fsp3) is 0.643. The van der Waals surface area contributed by atoms with Crippen molar-refractivity contribution in [1.82, 2.24) is 10.3 Å². The van der Waals surface area contributed by atoms with E-state index in [9.17, 15) is 5.11 Å². The summed E-state index contributed by atoms with van der Waals surface area (Å²) in [7, 11) is 0. The Kier molecular flexibility index (Phi) is 3.67. The number of nitrogens with zero attached hydrogens (tertiary/aromatic N) is 1. The van der Waals surface area contributed by atoms with Crippen molar-refractivity contribution in [2.45, 2.75) is 46.1 Å². The molecular weight excluding hydrogens is 212 g/mol. The van der Waals surface area contributed by atoms with Crippen LogP contribution >= 0.6 is 0 Å². The van der Waals surface area contributed by atoms with Crippen LogP contribution in [0.25, 0.3) is 0 Å². The van der Waals surface area contributed by atoms with Crippen molar-refractivity contribution < 1.29 is 5.11 Å². The lowest BCUT2D eigenvalue weighted by atomic mass is 9.67. The van der Waals surface area contributed by atoms with Crippen LogP contribution in [0.4, 0.5) is 0 Å². The molecule has 0 aromatic carbocycles. The van der Waals surface area contributed by atoms with Gasteiger partial charge in [-0.05, 0) is 43.7 Å². The minimum absolute atomic E-state index is 0.294. The van der Waals surface area contributed by atoms with E-state index in [0.29, 0.717) is 17.7 Å². The highest BCUT2D eigenvalue weighted by Gasteiger charge is 2.34. The van der Waals surface area contributed by atoms with Gasteiger partial charge < -0.3 is 10.4 Å². The summed E-state index contributed by atoms with van der Waals surface area (Å²) in [5, 5.41) is 13.1. The molecule has 0 unspecified atom stereocenters. The van der Waals surface area contributed by atoms with Gasteiger partial charge in [-0.25, -0.2) is 0 Å². The van der Waals surface area contributed by atoms with Gasteiger partial charge in [-0.3, -0.25) is 4.98 Å². The normalized spacial score (nSPS) is 17.8. The molecule has 0 radical (unpaired) electrons.